The first-order chi connectivity index (χ1) is 9.65. The number of benzene rings is 1. The molecule has 1 aromatic rings. The zero-order chi connectivity index (χ0) is 14.4. The number of hydrogen-bond donors (Lipinski definition) is 2. The van der Waals surface area contributed by atoms with E-state index in [0.717, 1.165) is 24.8 Å². The number of hydrogen-bond acceptors (Lipinski definition) is 3. The minimum atomic E-state index is 0. The molecule has 4 nitrogen and oxygen atoms in total. The first-order valence-electron chi connectivity index (χ1n) is 7.32. The zero-order valence-electron chi connectivity index (χ0n) is 12.5. The molecule has 1 saturated carbocycles. The highest BCUT2D eigenvalue weighted by molar-refractivity contribution is 5.85. The van der Waals surface area contributed by atoms with Crippen LogP contribution in [0, 0.1) is 5.92 Å². The summed E-state index contributed by atoms with van der Waals surface area (Å²) in [6.45, 7) is 3.08. The molecule has 0 aromatic heterocycles. The summed E-state index contributed by atoms with van der Waals surface area (Å²) in [5, 5.41) is 3.01. The van der Waals surface area contributed by atoms with Crippen molar-refractivity contribution in [1.82, 2.24) is 5.32 Å². The van der Waals surface area contributed by atoms with Crippen LogP contribution in [0.4, 0.5) is 0 Å². The van der Waals surface area contributed by atoms with Gasteiger partial charge in [0.15, 0.2) is 0 Å². The zero-order valence-corrected chi connectivity index (χ0v) is 13.3. The van der Waals surface area contributed by atoms with Gasteiger partial charge in [-0.3, -0.25) is 4.79 Å². The predicted molar refractivity (Wildman–Crippen MR) is 86.3 cm³/mol. The molecule has 0 saturated heterocycles. The third-order valence-electron chi connectivity index (χ3n) is 3.71. The Morgan fingerprint density at radius 2 is 2.10 bits per heavy atom. The normalized spacial score (nSPS) is 22.4. The fourth-order valence-corrected chi connectivity index (χ4v) is 2.58. The van der Waals surface area contributed by atoms with E-state index in [2.05, 4.69) is 5.32 Å². The number of carbonyl (C=O) groups is 1. The van der Waals surface area contributed by atoms with E-state index in [-0.39, 0.29) is 36.3 Å². The van der Waals surface area contributed by atoms with Crippen LogP contribution >= 0.6 is 12.4 Å². The first kappa shape index (κ1) is 18.0. The number of halogens is 1. The van der Waals surface area contributed by atoms with Gasteiger partial charge in [-0.25, -0.2) is 0 Å². The number of nitrogens with one attached hydrogen (secondary N) is 1. The summed E-state index contributed by atoms with van der Waals surface area (Å²) in [7, 11) is 0. The van der Waals surface area contributed by atoms with Crippen LogP contribution in [0.25, 0.3) is 0 Å². The van der Waals surface area contributed by atoms with Gasteiger partial charge in [0.1, 0.15) is 0 Å². The summed E-state index contributed by atoms with van der Waals surface area (Å²) in [5.41, 5.74) is 6.98. The highest BCUT2D eigenvalue weighted by atomic mass is 35.5. The summed E-state index contributed by atoms with van der Waals surface area (Å²) in [6, 6.07) is 10.3. The van der Waals surface area contributed by atoms with E-state index >= 15 is 0 Å². The van der Waals surface area contributed by atoms with Crippen molar-refractivity contribution >= 4 is 18.3 Å². The topological polar surface area (TPSA) is 64.3 Å². The minimum absolute atomic E-state index is 0. The van der Waals surface area contributed by atoms with E-state index < -0.39 is 0 Å². The lowest BCUT2D eigenvalue weighted by Gasteiger charge is -2.17. The fraction of sp³-hybridized carbons (Fsp3) is 0.562. The molecule has 0 heterocycles. The summed E-state index contributed by atoms with van der Waals surface area (Å²) in [6.07, 6.45) is 2.67. The van der Waals surface area contributed by atoms with Crippen LogP contribution in [0.15, 0.2) is 30.3 Å². The van der Waals surface area contributed by atoms with Crippen molar-refractivity contribution in [3.8, 4) is 0 Å². The highest BCUT2D eigenvalue weighted by Gasteiger charge is 2.28. The van der Waals surface area contributed by atoms with Crippen molar-refractivity contribution in [2.24, 2.45) is 11.7 Å². The quantitative estimate of drug-likeness (QED) is 0.847. The Balaban J connectivity index is 0.00000220. The summed E-state index contributed by atoms with van der Waals surface area (Å²) >= 11 is 0. The largest absolute Gasteiger partial charge is 0.375 e. The van der Waals surface area contributed by atoms with Gasteiger partial charge in [-0.15, -0.1) is 12.4 Å². The van der Waals surface area contributed by atoms with Crippen molar-refractivity contribution in [3.63, 3.8) is 0 Å². The van der Waals surface area contributed by atoms with Crippen LogP contribution in [0.5, 0.6) is 0 Å². The van der Waals surface area contributed by atoms with E-state index in [0.29, 0.717) is 13.2 Å². The molecule has 118 valence electrons. The average molecular weight is 313 g/mol. The highest BCUT2D eigenvalue weighted by Crippen LogP contribution is 2.24. The molecule has 1 aliphatic carbocycles. The van der Waals surface area contributed by atoms with E-state index in [1.807, 2.05) is 37.3 Å². The predicted octanol–water partition coefficient (Wildman–Crippen LogP) is 2.26. The standard InChI is InChI=1S/C16H24N2O2.ClH/c1-12(10-20-11-13-5-3-2-4-6-13)18-16(19)14-7-8-15(17)9-14;/h2-6,12,14-15H,7-11,17H2,1H3,(H,18,19);1H. The molecule has 21 heavy (non-hydrogen) atoms. The molecule has 0 spiro atoms. The number of carbonyl (C=O) groups excluding carboxylic acids is 1. The van der Waals surface area contributed by atoms with Gasteiger partial charge in [0.2, 0.25) is 5.91 Å². The molecule has 5 heteroatoms. The van der Waals surface area contributed by atoms with Gasteiger partial charge < -0.3 is 15.8 Å². The molecule has 1 aromatic carbocycles. The second-order valence-corrected chi connectivity index (χ2v) is 5.68. The summed E-state index contributed by atoms with van der Waals surface area (Å²) in [5.74, 6) is 0.204. The number of nitrogens with two attached hydrogens (primary N) is 1. The smallest absolute Gasteiger partial charge is 0.223 e. The molecule has 3 unspecified atom stereocenters. The van der Waals surface area contributed by atoms with Gasteiger partial charge in [0.05, 0.1) is 13.2 Å². The van der Waals surface area contributed by atoms with Crippen LogP contribution < -0.4 is 11.1 Å². The Hall–Kier alpha value is -1.10. The Morgan fingerprint density at radius 1 is 1.38 bits per heavy atom. The molecule has 0 aliphatic heterocycles. The molecule has 0 radical (unpaired) electrons. The van der Waals surface area contributed by atoms with Gasteiger partial charge in [0, 0.05) is 18.0 Å². The van der Waals surface area contributed by atoms with Crippen LogP contribution in [0.3, 0.4) is 0 Å². The maximum Gasteiger partial charge on any atom is 0.223 e. The molecular weight excluding hydrogens is 288 g/mol. The Morgan fingerprint density at radius 3 is 2.71 bits per heavy atom. The minimum Gasteiger partial charge on any atom is -0.375 e. The van der Waals surface area contributed by atoms with Gasteiger partial charge in [-0.05, 0) is 31.7 Å². The van der Waals surface area contributed by atoms with Gasteiger partial charge >= 0.3 is 0 Å². The molecule has 1 aliphatic rings. The average Bonchev–Trinajstić information content (AvgIpc) is 2.87. The monoisotopic (exact) mass is 312 g/mol. The molecule has 1 fully saturated rings. The summed E-state index contributed by atoms with van der Waals surface area (Å²) < 4.78 is 5.63. The van der Waals surface area contributed by atoms with Crippen molar-refractivity contribution in [2.75, 3.05) is 6.61 Å². The molecule has 3 atom stereocenters. The first-order valence-corrected chi connectivity index (χ1v) is 7.32. The van der Waals surface area contributed by atoms with E-state index in [1.165, 1.54) is 0 Å². The molecule has 0 bridgehead atoms. The van der Waals surface area contributed by atoms with Gasteiger partial charge in [0.25, 0.3) is 0 Å². The maximum absolute atomic E-state index is 12.0. The number of rotatable bonds is 6. The van der Waals surface area contributed by atoms with E-state index in [1.54, 1.807) is 0 Å². The van der Waals surface area contributed by atoms with Crippen LogP contribution in [0.1, 0.15) is 31.7 Å². The molecule has 3 N–H and O–H groups in total. The number of ether oxygens (including phenoxy) is 1. The summed E-state index contributed by atoms with van der Waals surface area (Å²) in [4.78, 5) is 12.0. The van der Waals surface area contributed by atoms with Crippen LogP contribution in [0.2, 0.25) is 0 Å². The fourth-order valence-electron chi connectivity index (χ4n) is 2.58. The van der Waals surface area contributed by atoms with Crippen molar-refractivity contribution in [1.29, 1.82) is 0 Å². The van der Waals surface area contributed by atoms with Crippen molar-refractivity contribution in [3.05, 3.63) is 35.9 Å². The third kappa shape index (κ3) is 6.04. The van der Waals surface area contributed by atoms with E-state index in [9.17, 15) is 4.79 Å². The Bertz CT molecular complexity index is 428. The lowest BCUT2D eigenvalue weighted by molar-refractivity contribution is -0.125. The van der Waals surface area contributed by atoms with Gasteiger partial charge in [-0.2, -0.15) is 0 Å². The second-order valence-electron chi connectivity index (χ2n) is 5.68. The van der Waals surface area contributed by atoms with Crippen LogP contribution in [-0.4, -0.2) is 24.6 Å². The maximum atomic E-state index is 12.0. The van der Waals surface area contributed by atoms with Crippen molar-refractivity contribution in [2.45, 2.75) is 44.9 Å². The lowest BCUT2D eigenvalue weighted by atomic mass is 10.1. The molecule has 2 rings (SSSR count). The van der Waals surface area contributed by atoms with Crippen molar-refractivity contribution < 1.29 is 9.53 Å². The number of amides is 1. The van der Waals surface area contributed by atoms with Gasteiger partial charge in [-0.1, -0.05) is 30.3 Å². The van der Waals surface area contributed by atoms with E-state index in [4.69, 9.17) is 10.5 Å². The molecule has 1 amide bonds. The molecular formula is C16H25ClN2O2. The second kappa shape index (κ2) is 9.03. The lowest BCUT2D eigenvalue weighted by Crippen LogP contribution is -2.39. The third-order valence-corrected chi connectivity index (χ3v) is 3.71. The van der Waals surface area contributed by atoms with Crippen LogP contribution in [-0.2, 0) is 16.1 Å². The SMILES string of the molecule is CC(COCc1ccccc1)NC(=O)C1CCC(N)C1.Cl. The Labute approximate surface area is 132 Å². The Kier molecular flexibility index (Phi) is 7.72.